The average molecular weight is 298 g/mol. The third-order valence-corrected chi connectivity index (χ3v) is 4.14. The molecule has 0 radical (unpaired) electrons. The largest absolute Gasteiger partial charge is 0.374 e. The number of hydrogen-bond donors (Lipinski definition) is 2. The summed E-state index contributed by atoms with van der Waals surface area (Å²) in [6.07, 6.45) is 2.68. The van der Waals surface area contributed by atoms with Gasteiger partial charge in [-0.1, -0.05) is 0 Å². The van der Waals surface area contributed by atoms with E-state index in [-0.39, 0.29) is 18.6 Å². The highest BCUT2D eigenvalue weighted by atomic mass is 16.5. The van der Waals surface area contributed by atoms with Gasteiger partial charge in [-0.25, -0.2) is 0 Å². The van der Waals surface area contributed by atoms with Gasteiger partial charge in [0.1, 0.15) is 6.04 Å². The predicted octanol–water partition coefficient (Wildman–Crippen LogP) is -1.23. The zero-order chi connectivity index (χ0) is 15.2. The van der Waals surface area contributed by atoms with Crippen LogP contribution < -0.4 is 11.1 Å². The number of nitrogens with two attached hydrogens (primary N) is 1. The highest BCUT2D eigenvalue weighted by Crippen LogP contribution is 2.16. The molecule has 120 valence electrons. The molecule has 2 atom stereocenters. The Bertz CT molecular complexity index is 377. The van der Waals surface area contributed by atoms with Gasteiger partial charge in [0.15, 0.2) is 0 Å². The lowest BCUT2D eigenvalue weighted by molar-refractivity contribution is -0.140. The first-order valence-electron chi connectivity index (χ1n) is 7.67. The Kier molecular flexibility index (Phi) is 5.96. The average Bonchev–Trinajstić information content (AvgIpc) is 2.47. The Morgan fingerprint density at radius 3 is 2.86 bits per heavy atom. The third-order valence-electron chi connectivity index (χ3n) is 4.14. The van der Waals surface area contributed by atoms with Gasteiger partial charge in [-0.3, -0.25) is 9.59 Å². The molecule has 0 bridgehead atoms. The van der Waals surface area contributed by atoms with Crippen molar-refractivity contribution in [2.45, 2.75) is 31.4 Å². The molecule has 0 aromatic carbocycles. The first-order valence-corrected chi connectivity index (χ1v) is 7.67. The number of nitrogens with zero attached hydrogens (tertiary/aromatic N) is 2. The lowest BCUT2D eigenvalue weighted by atomic mass is 10.0. The number of primary amides is 1. The standard InChI is InChI=1S/C14H26N4O3/c1-17-6-7-21-11(10-17)8-16-9-13(19)18-5-3-2-4-12(18)14(15)20/h11-12,16H,2-10H2,1H3,(H2,15,20)/t11-,12-/m1/s1. The maximum absolute atomic E-state index is 12.2. The van der Waals surface area contributed by atoms with E-state index in [4.69, 9.17) is 10.5 Å². The molecule has 0 aliphatic carbocycles. The quantitative estimate of drug-likeness (QED) is 0.664. The smallest absolute Gasteiger partial charge is 0.240 e. The van der Waals surface area contributed by atoms with Crippen LogP contribution in [0.5, 0.6) is 0 Å². The minimum atomic E-state index is -0.440. The minimum Gasteiger partial charge on any atom is -0.374 e. The van der Waals surface area contributed by atoms with E-state index in [0.717, 1.165) is 32.5 Å². The van der Waals surface area contributed by atoms with Crippen LogP contribution in [0.2, 0.25) is 0 Å². The fourth-order valence-corrected chi connectivity index (χ4v) is 2.96. The van der Waals surface area contributed by atoms with Gasteiger partial charge in [0.05, 0.1) is 19.3 Å². The summed E-state index contributed by atoms with van der Waals surface area (Å²) in [6, 6.07) is -0.440. The molecule has 2 saturated heterocycles. The van der Waals surface area contributed by atoms with Crippen molar-refractivity contribution in [3.8, 4) is 0 Å². The molecule has 0 spiro atoms. The van der Waals surface area contributed by atoms with Crippen molar-refractivity contribution >= 4 is 11.8 Å². The van der Waals surface area contributed by atoms with Gasteiger partial charge < -0.3 is 25.6 Å². The Morgan fingerprint density at radius 2 is 2.14 bits per heavy atom. The van der Waals surface area contributed by atoms with Gasteiger partial charge in [-0.05, 0) is 26.3 Å². The van der Waals surface area contributed by atoms with Gasteiger partial charge in [0, 0.05) is 26.2 Å². The van der Waals surface area contributed by atoms with Crippen molar-refractivity contribution in [2.75, 3.05) is 46.4 Å². The number of carbonyl (C=O) groups is 2. The predicted molar refractivity (Wildman–Crippen MR) is 78.7 cm³/mol. The summed E-state index contributed by atoms with van der Waals surface area (Å²) in [5.74, 6) is -0.456. The fourth-order valence-electron chi connectivity index (χ4n) is 2.96. The van der Waals surface area contributed by atoms with Crippen molar-refractivity contribution in [3.05, 3.63) is 0 Å². The lowest BCUT2D eigenvalue weighted by Gasteiger charge is -2.34. The number of nitrogens with one attached hydrogen (secondary N) is 1. The van der Waals surface area contributed by atoms with Crippen LogP contribution in [0.4, 0.5) is 0 Å². The summed E-state index contributed by atoms with van der Waals surface area (Å²) in [5, 5.41) is 3.14. The lowest BCUT2D eigenvalue weighted by Crippen LogP contribution is -2.53. The van der Waals surface area contributed by atoms with Gasteiger partial charge in [-0.15, -0.1) is 0 Å². The van der Waals surface area contributed by atoms with E-state index in [1.165, 1.54) is 0 Å². The molecule has 2 heterocycles. The number of piperidine rings is 1. The van der Waals surface area contributed by atoms with Gasteiger partial charge >= 0.3 is 0 Å². The van der Waals surface area contributed by atoms with E-state index in [0.29, 0.717) is 19.5 Å². The molecule has 21 heavy (non-hydrogen) atoms. The van der Waals surface area contributed by atoms with E-state index >= 15 is 0 Å². The molecule has 0 unspecified atom stereocenters. The van der Waals surface area contributed by atoms with Crippen molar-refractivity contribution in [1.29, 1.82) is 0 Å². The number of rotatable bonds is 5. The molecule has 0 aromatic rings. The number of hydrogen-bond acceptors (Lipinski definition) is 5. The second-order valence-electron chi connectivity index (χ2n) is 5.89. The Labute approximate surface area is 125 Å². The number of likely N-dealkylation sites (N-methyl/N-ethyl adjacent to an activating group) is 1. The van der Waals surface area contributed by atoms with Crippen LogP contribution in [-0.4, -0.2) is 80.1 Å². The van der Waals surface area contributed by atoms with Gasteiger partial charge in [-0.2, -0.15) is 0 Å². The van der Waals surface area contributed by atoms with Crippen molar-refractivity contribution in [1.82, 2.24) is 15.1 Å². The van der Waals surface area contributed by atoms with Gasteiger partial charge in [0.25, 0.3) is 0 Å². The van der Waals surface area contributed by atoms with Crippen LogP contribution in [-0.2, 0) is 14.3 Å². The molecular weight excluding hydrogens is 272 g/mol. The van der Waals surface area contributed by atoms with Crippen LogP contribution in [0.3, 0.4) is 0 Å². The third kappa shape index (κ3) is 4.66. The normalized spacial score (nSPS) is 27.6. The maximum Gasteiger partial charge on any atom is 0.240 e. The summed E-state index contributed by atoms with van der Waals surface area (Å²) in [5.41, 5.74) is 5.38. The zero-order valence-electron chi connectivity index (χ0n) is 12.7. The SMILES string of the molecule is CN1CCO[C@H](CNCC(=O)N2CCCC[C@@H]2C(N)=O)C1. The number of morpholine rings is 1. The second kappa shape index (κ2) is 7.72. The molecule has 7 nitrogen and oxygen atoms in total. The van der Waals surface area contributed by atoms with Crippen LogP contribution in [0, 0.1) is 0 Å². The van der Waals surface area contributed by atoms with E-state index in [1.54, 1.807) is 4.90 Å². The molecule has 3 N–H and O–H groups in total. The summed E-state index contributed by atoms with van der Waals surface area (Å²) in [6.45, 7) is 4.04. The van der Waals surface area contributed by atoms with Crippen molar-refractivity contribution in [2.24, 2.45) is 5.73 Å². The molecule has 7 heteroatoms. The first-order chi connectivity index (χ1) is 10.1. The van der Waals surface area contributed by atoms with Crippen molar-refractivity contribution in [3.63, 3.8) is 0 Å². The fraction of sp³-hybridized carbons (Fsp3) is 0.857. The molecule has 2 rings (SSSR count). The van der Waals surface area contributed by atoms with Crippen LogP contribution in [0.15, 0.2) is 0 Å². The van der Waals surface area contributed by atoms with Crippen LogP contribution in [0.25, 0.3) is 0 Å². The Balaban J connectivity index is 1.74. The molecule has 0 saturated carbocycles. The molecule has 0 aromatic heterocycles. The van der Waals surface area contributed by atoms with E-state index in [2.05, 4.69) is 17.3 Å². The first kappa shape index (κ1) is 16.2. The van der Waals surface area contributed by atoms with E-state index in [9.17, 15) is 9.59 Å². The Morgan fingerprint density at radius 1 is 1.33 bits per heavy atom. The molecule has 2 aliphatic rings. The summed E-state index contributed by atoms with van der Waals surface area (Å²) < 4.78 is 5.63. The minimum absolute atomic E-state index is 0.0531. The van der Waals surface area contributed by atoms with Crippen LogP contribution in [0.1, 0.15) is 19.3 Å². The maximum atomic E-state index is 12.2. The number of ether oxygens (including phenoxy) is 1. The topological polar surface area (TPSA) is 87.9 Å². The van der Waals surface area contributed by atoms with Crippen LogP contribution >= 0.6 is 0 Å². The monoisotopic (exact) mass is 298 g/mol. The molecular formula is C14H26N4O3. The summed E-state index contributed by atoms with van der Waals surface area (Å²) >= 11 is 0. The highest BCUT2D eigenvalue weighted by Gasteiger charge is 2.30. The Hall–Kier alpha value is -1.18. The van der Waals surface area contributed by atoms with Crippen molar-refractivity contribution < 1.29 is 14.3 Å². The van der Waals surface area contributed by atoms with E-state index < -0.39 is 11.9 Å². The number of amides is 2. The van der Waals surface area contributed by atoms with E-state index in [1.807, 2.05) is 0 Å². The number of likely N-dealkylation sites (tertiary alicyclic amines) is 1. The molecule has 2 fully saturated rings. The zero-order valence-corrected chi connectivity index (χ0v) is 12.7. The summed E-state index contributed by atoms with van der Waals surface area (Å²) in [7, 11) is 2.06. The molecule has 2 aliphatic heterocycles. The second-order valence-corrected chi connectivity index (χ2v) is 5.89. The molecule has 2 amide bonds. The summed E-state index contributed by atoms with van der Waals surface area (Å²) in [4.78, 5) is 27.5. The van der Waals surface area contributed by atoms with Gasteiger partial charge in [0.2, 0.25) is 11.8 Å². The number of carbonyl (C=O) groups excluding carboxylic acids is 2. The highest BCUT2D eigenvalue weighted by molar-refractivity contribution is 5.87.